The second-order valence-electron chi connectivity index (χ2n) is 13.3. The standard InChI is InChI=1S/C33H44O10S2/c1-18-21(35)14-33(38)28(42-29(37)20-11-9-8-10-12-20)26-31(5,27(36)25(41-17-45-7)24(18)30(33,3)4)22(40-16-44-6)13-23-32(26,15-39-23)43-19(2)34/h8-12,21-23,25-26,28,35,38H,13-17H2,1-7H3/t21-,22-,23+,25+,26-,28-,31+,32-,33+/m0/s1. The van der Waals surface area contributed by atoms with E-state index in [-0.39, 0.29) is 42.7 Å². The minimum atomic E-state index is -1.95. The minimum absolute atomic E-state index is 0.0729. The predicted octanol–water partition coefficient (Wildman–Crippen LogP) is 3.77. The Morgan fingerprint density at radius 3 is 2.29 bits per heavy atom. The SMILES string of the molecule is CSCO[C@H]1C(=O)[C@]2(C)[C@@H](OCSC)C[C@H]3OC[C@@]3(OC(C)=O)[C@H]2[C@H](OC(=O)c2ccccc2)[C@]2(O)C[C@H](O)C(C)=C1C2(C)C. The molecular formula is C33H44O10S2. The second kappa shape index (κ2) is 12.6. The van der Waals surface area contributed by atoms with Gasteiger partial charge in [-0.15, -0.1) is 23.5 Å². The van der Waals surface area contributed by atoms with Crippen LogP contribution in [0, 0.1) is 16.7 Å². The highest BCUT2D eigenvalue weighted by atomic mass is 32.2. The van der Waals surface area contributed by atoms with Crippen LogP contribution in [0.15, 0.2) is 41.5 Å². The zero-order chi connectivity index (χ0) is 32.9. The molecule has 248 valence electrons. The quantitative estimate of drug-likeness (QED) is 0.226. The van der Waals surface area contributed by atoms with Gasteiger partial charge in [0.1, 0.15) is 23.9 Å². The van der Waals surface area contributed by atoms with Crippen molar-refractivity contribution in [3.8, 4) is 0 Å². The highest BCUT2D eigenvalue weighted by molar-refractivity contribution is 7.98. The Morgan fingerprint density at radius 2 is 1.71 bits per heavy atom. The summed E-state index contributed by atoms with van der Waals surface area (Å²) in [6, 6.07) is 8.37. The third-order valence-electron chi connectivity index (χ3n) is 10.6. The third-order valence-corrected chi connectivity index (χ3v) is 11.4. The van der Waals surface area contributed by atoms with E-state index in [4.69, 9.17) is 23.7 Å². The van der Waals surface area contributed by atoms with Gasteiger partial charge in [0, 0.05) is 25.2 Å². The molecule has 3 fully saturated rings. The number of rotatable bonds is 9. The predicted molar refractivity (Wildman–Crippen MR) is 170 cm³/mol. The summed E-state index contributed by atoms with van der Waals surface area (Å²) in [6.07, 6.45) is -1.49. The first kappa shape index (κ1) is 34.4. The number of fused-ring (bicyclic) bond motifs is 5. The lowest BCUT2D eigenvalue weighted by atomic mass is 9.44. The van der Waals surface area contributed by atoms with E-state index in [1.165, 1.54) is 30.4 Å². The summed E-state index contributed by atoms with van der Waals surface area (Å²) < 4.78 is 31.3. The van der Waals surface area contributed by atoms with E-state index < -0.39 is 70.4 Å². The lowest BCUT2D eigenvalue weighted by molar-refractivity contribution is -0.347. The zero-order valence-corrected chi connectivity index (χ0v) is 28.5. The van der Waals surface area contributed by atoms with Crippen molar-refractivity contribution in [3.63, 3.8) is 0 Å². The van der Waals surface area contributed by atoms with Crippen molar-refractivity contribution in [2.45, 2.75) is 89.2 Å². The van der Waals surface area contributed by atoms with E-state index in [1.807, 2.05) is 12.5 Å². The number of aliphatic hydroxyl groups excluding tert-OH is 1. The van der Waals surface area contributed by atoms with Crippen molar-refractivity contribution in [1.82, 2.24) is 0 Å². The number of carbonyl (C=O) groups excluding carboxylic acids is 3. The number of carbonyl (C=O) groups is 3. The maximum atomic E-state index is 15.3. The number of Topliss-reactive ketones (excluding diaryl/α,β-unsaturated/α-hetero) is 1. The first-order chi connectivity index (χ1) is 21.2. The third kappa shape index (κ3) is 5.28. The molecule has 0 aromatic heterocycles. The number of hydrogen-bond acceptors (Lipinski definition) is 12. The van der Waals surface area contributed by atoms with Crippen molar-refractivity contribution in [2.75, 3.05) is 31.0 Å². The first-order valence-electron chi connectivity index (χ1n) is 15.1. The van der Waals surface area contributed by atoms with Gasteiger partial charge in [-0.2, -0.15) is 0 Å². The van der Waals surface area contributed by atoms with E-state index in [0.29, 0.717) is 11.1 Å². The Balaban J connectivity index is 1.84. The molecule has 2 bridgehead atoms. The summed E-state index contributed by atoms with van der Waals surface area (Å²) >= 11 is 2.84. The molecule has 0 spiro atoms. The van der Waals surface area contributed by atoms with Gasteiger partial charge in [0.05, 0.1) is 47.6 Å². The summed E-state index contributed by atoms with van der Waals surface area (Å²) in [5.74, 6) is -2.39. The highest BCUT2D eigenvalue weighted by Crippen LogP contribution is 2.64. The highest BCUT2D eigenvalue weighted by Gasteiger charge is 2.78. The molecule has 1 aromatic rings. The van der Waals surface area contributed by atoms with Gasteiger partial charge in [-0.3, -0.25) is 9.59 Å². The lowest BCUT2D eigenvalue weighted by Gasteiger charge is -2.68. The molecule has 0 amide bonds. The Kier molecular flexibility index (Phi) is 9.63. The van der Waals surface area contributed by atoms with E-state index in [2.05, 4.69) is 0 Å². The molecule has 5 rings (SSSR count). The topological polar surface area (TPSA) is 138 Å². The number of benzene rings is 1. The fraction of sp³-hybridized carbons (Fsp3) is 0.667. The molecule has 1 heterocycles. The van der Waals surface area contributed by atoms with Crippen molar-refractivity contribution in [1.29, 1.82) is 0 Å². The molecule has 9 atom stereocenters. The molecule has 12 heteroatoms. The van der Waals surface area contributed by atoms with Crippen LogP contribution in [0.3, 0.4) is 0 Å². The van der Waals surface area contributed by atoms with Gasteiger partial charge < -0.3 is 33.9 Å². The van der Waals surface area contributed by atoms with Crippen LogP contribution in [0.4, 0.5) is 0 Å². The van der Waals surface area contributed by atoms with Crippen LogP contribution in [-0.2, 0) is 33.3 Å². The molecule has 1 saturated heterocycles. The van der Waals surface area contributed by atoms with Gasteiger partial charge in [0.15, 0.2) is 11.4 Å². The van der Waals surface area contributed by atoms with Crippen LogP contribution in [0.1, 0.15) is 57.8 Å². The number of thioether (sulfide) groups is 2. The minimum Gasteiger partial charge on any atom is -0.455 e. The summed E-state index contributed by atoms with van der Waals surface area (Å²) in [7, 11) is 0. The van der Waals surface area contributed by atoms with Crippen molar-refractivity contribution in [3.05, 3.63) is 47.0 Å². The van der Waals surface area contributed by atoms with Crippen molar-refractivity contribution in [2.24, 2.45) is 16.7 Å². The normalized spacial score (nSPS) is 38.6. The molecule has 10 nitrogen and oxygen atoms in total. The monoisotopic (exact) mass is 664 g/mol. The van der Waals surface area contributed by atoms with Gasteiger partial charge >= 0.3 is 11.9 Å². The number of esters is 2. The van der Waals surface area contributed by atoms with Gasteiger partial charge in [0.25, 0.3) is 0 Å². The molecule has 2 saturated carbocycles. The molecule has 1 aromatic carbocycles. The van der Waals surface area contributed by atoms with E-state index in [1.54, 1.807) is 58.0 Å². The van der Waals surface area contributed by atoms with Crippen LogP contribution < -0.4 is 0 Å². The van der Waals surface area contributed by atoms with Crippen LogP contribution in [-0.4, -0.2) is 101 Å². The molecular weight excluding hydrogens is 620 g/mol. The van der Waals surface area contributed by atoms with Crippen molar-refractivity contribution < 1.29 is 48.3 Å². The summed E-state index contributed by atoms with van der Waals surface area (Å²) in [4.78, 5) is 42.1. The number of hydrogen-bond donors (Lipinski definition) is 2. The van der Waals surface area contributed by atoms with Gasteiger partial charge in [-0.05, 0) is 49.6 Å². The Morgan fingerprint density at radius 1 is 1.07 bits per heavy atom. The number of ether oxygens (including phenoxy) is 5. The Labute approximate surface area is 272 Å². The molecule has 3 aliphatic carbocycles. The maximum absolute atomic E-state index is 15.3. The van der Waals surface area contributed by atoms with E-state index in [0.717, 1.165) is 0 Å². The largest absolute Gasteiger partial charge is 0.455 e. The fourth-order valence-corrected chi connectivity index (χ4v) is 8.87. The molecule has 2 N–H and O–H groups in total. The number of aliphatic hydroxyl groups is 2. The van der Waals surface area contributed by atoms with Crippen LogP contribution >= 0.6 is 23.5 Å². The summed E-state index contributed by atoms with van der Waals surface area (Å²) in [6.45, 7) is 8.26. The van der Waals surface area contributed by atoms with Crippen molar-refractivity contribution >= 4 is 41.2 Å². The van der Waals surface area contributed by atoms with E-state index in [9.17, 15) is 19.8 Å². The average molecular weight is 665 g/mol. The Bertz CT molecular complexity index is 1350. The van der Waals surface area contributed by atoms with E-state index >= 15 is 4.79 Å². The first-order valence-corrected chi connectivity index (χ1v) is 17.9. The molecule has 45 heavy (non-hydrogen) atoms. The Hall–Kier alpha value is -1.93. The maximum Gasteiger partial charge on any atom is 0.338 e. The van der Waals surface area contributed by atoms with Gasteiger partial charge in [0.2, 0.25) is 0 Å². The smallest absolute Gasteiger partial charge is 0.338 e. The molecule has 0 radical (unpaired) electrons. The zero-order valence-electron chi connectivity index (χ0n) is 26.9. The average Bonchev–Trinajstić information content (AvgIpc) is 2.99. The van der Waals surface area contributed by atoms with Gasteiger partial charge in [-0.1, -0.05) is 32.0 Å². The number of ketones is 1. The summed E-state index contributed by atoms with van der Waals surface area (Å²) in [5.41, 5.74) is -4.93. The van der Waals surface area contributed by atoms with Gasteiger partial charge in [-0.25, -0.2) is 4.79 Å². The molecule has 0 unspecified atom stereocenters. The summed E-state index contributed by atoms with van der Waals surface area (Å²) in [5, 5.41) is 24.6. The van der Waals surface area contributed by atoms with Crippen LogP contribution in [0.5, 0.6) is 0 Å². The lowest BCUT2D eigenvalue weighted by Crippen LogP contribution is -2.82. The van der Waals surface area contributed by atoms with Crippen LogP contribution in [0.2, 0.25) is 0 Å². The van der Waals surface area contributed by atoms with Crippen LogP contribution in [0.25, 0.3) is 0 Å². The fourth-order valence-electron chi connectivity index (χ4n) is 8.29. The molecule has 4 aliphatic rings. The second-order valence-corrected chi connectivity index (χ2v) is 14.9. The molecule has 1 aliphatic heterocycles.